The van der Waals surface area contributed by atoms with E-state index in [1.54, 1.807) is 13.8 Å². The highest BCUT2D eigenvalue weighted by Gasteiger charge is 2.21. The number of amides is 1. The zero-order valence-corrected chi connectivity index (χ0v) is 15.2. The average molecular weight is 355 g/mol. The summed E-state index contributed by atoms with van der Waals surface area (Å²) in [6, 6.07) is 17.7. The molecule has 0 saturated heterocycles. The summed E-state index contributed by atoms with van der Waals surface area (Å²) in [7, 11) is 0. The predicted octanol–water partition coefficient (Wildman–Crippen LogP) is 3.42. The molecule has 26 heavy (non-hydrogen) atoms. The molecule has 2 rings (SSSR count). The van der Waals surface area contributed by atoms with Gasteiger partial charge in [0, 0.05) is 18.4 Å². The third-order valence-corrected chi connectivity index (χ3v) is 4.01. The number of aliphatic carboxylic acids is 1. The number of hydrogen-bond acceptors (Lipinski definition) is 3. The highest BCUT2D eigenvalue weighted by Crippen LogP contribution is 2.21. The van der Waals surface area contributed by atoms with Gasteiger partial charge in [-0.2, -0.15) is 0 Å². The van der Waals surface area contributed by atoms with E-state index in [0.717, 1.165) is 12.0 Å². The lowest BCUT2D eigenvalue weighted by atomic mass is 9.98. The second kappa shape index (κ2) is 9.04. The fourth-order valence-electron chi connectivity index (χ4n) is 2.65. The number of benzene rings is 2. The van der Waals surface area contributed by atoms with E-state index in [0.29, 0.717) is 12.2 Å². The van der Waals surface area contributed by atoms with E-state index in [1.165, 1.54) is 5.56 Å². The first kappa shape index (κ1) is 19.5. The summed E-state index contributed by atoms with van der Waals surface area (Å²) in [4.78, 5) is 22.9. The molecule has 0 radical (unpaired) electrons. The maximum atomic E-state index is 12.2. The van der Waals surface area contributed by atoms with Crippen molar-refractivity contribution in [1.29, 1.82) is 0 Å². The molecule has 2 aromatic carbocycles. The van der Waals surface area contributed by atoms with Crippen molar-refractivity contribution >= 4 is 11.9 Å². The Labute approximate surface area is 154 Å². The Morgan fingerprint density at radius 1 is 1.04 bits per heavy atom. The summed E-state index contributed by atoms with van der Waals surface area (Å²) in [5.74, 6) is -0.469. The number of ether oxygens (including phenoxy) is 1. The van der Waals surface area contributed by atoms with Crippen LogP contribution in [0.5, 0.6) is 5.75 Å². The lowest BCUT2D eigenvalue weighted by Gasteiger charge is -2.25. The summed E-state index contributed by atoms with van der Waals surface area (Å²) in [5.41, 5.74) is 1.59. The third-order valence-electron chi connectivity index (χ3n) is 4.01. The summed E-state index contributed by atoms with van der Waals surface area (Å²) in [5, 5.41) is 11.6. The SMILES string of the molecule is CC(C)(CCC(=O)O)NC(=O)COc1ccccc1Cc1ccccc1. The molecule has 0 aliphatic rings. The monoisotopic (exact) mass is 355 g/mol. The first-order valence-electron chi connectivity index (χ1n) is 8.63. The smallest absolute Gasteiger partial charge is 0.303 e. The lowest BCUT2D eigenvalue weighted by Crippen LogP contribution is -2.45. The molecule has 0 unspecified atom stereocenters. The van der Waals surface area contributed by atoms with E-state index < -0.39 is 11.5 Å². The zero-order valence-electron chi connectivity index (χ0n) is 15.2. The Hall–Kier alpha value is -2.82. The number of carbonyl (C=O) groups is 2. The number of carboxylic acids is 1. The molecular weight excluding hydrogens is 330 g/mol. The number of rotatable bonds is 9. The van der Waals surface area contributed by atoms with Crippen LogP contribution >= 0.6 is 0 Å². The van der Waals surface area contributed by atoms with Crippen LogP contribution in [0.25, 0.3) is 0 Å². The molecule has 0 bridgehead atoms. The van der Waals surface area contributed by atoms with Gasteiger partial charge in [0.15, 0.2) is 6.61 Å². The van der Waals surface area contributed by atoms with Gasteiger partial charge in [0.25, 0.3) is 5.91 Å². The molecule has 2 N–H and O–H groups in total. The molecule has 0 aliphatic carbocycles. The van der Waals surface area contributed by atoms with Crippen LogP contribution in [0.15, 0.2) is 54.6 Å². The molecule has 5 heteroatoms. The van der Waals surface area contributed by atoms with Gasteiger partial charge in [-0.1, -0.05) is 48.5 Å². The standard InChI is InChI=1S/C21H25NO4/c1-21(2,13-12-20(24)25)22-19(23)15-26-18-11-7-6-10-17(18)14-16-8-4-3-5-9-16/h3-11H,12-15H2,1-2H3,(H,22,23)(H,24,25). The highest BCUT2D eigenvalue weighted by molar-refractivity contribution is 5.78. The van der Waals surface area contributed by atoms with Gasteiger partial charge in [-0.25, -0.2) is 0 Å². The maximum Gasteiger partial charge on any atom is 0.303 e. The van der Waals surface area contributed by atoms with Gasteiger partial charge >= 0.3 is 5.97 Å². The van der Waals surface area contributed by atoms with E-state index in [-0.39, 0.29) is 18.9 Å². The largest absolute Gasteiger partial charge is 0.483 e. The highest BCUT2D eigenvalue weighted by atomic mass is 16.5. The number of nitrogens with one attached hydrogen (secondary N) is 1. The molecular formula is C21H25NO4. The fourth-order valence-corrected chi connectivity index (χ4v) is 2.65. The molecule has 0 fully saturated rings. The molecule has 0 atom stereocenters. The third kappa shape index (κ3) is 6.59. The summed E-state index contributed by atoms with van der Waals surface area (Å²) >= 11 is 0. The van der Waals surface area contributed by atoms with Gasteiger partial charge in [0.05, 0.1) is 0 Å². The lowest BCUT2D eigenvalue weighted by molar-refractivity contribution is -0.138. The van der Waals surface area contributed by atoms with Crippen LogP contribution in [0.3, 0.4) is 0 Å². The van der Waals surface area contributed by atoms with E-state index in [4.69, 9.17) is 9.84 Å². The number of para-hydroxylation sites is 1. The van der Waals surface area contributed by atoms with Gasteiger partial charge in [0.1, 0.15) is 5.75 Å². The molecule has 5 nitrogen and oxygen atoms in total. The Morgan fingerprint density at radius 3 is 2.38 bits per heavy atom. The van der Waals surface area contributed by atoms with E-state index in [1.807, 2.05) is 42.5 Å². The van der Waals surface area contributed by atoms with Crippen molar-refractivity contribution in [3.63, 3.8) is 0 Å². The van der Waals surface area contributed by atoms with Crippen molar-refractivity contribution in [3.05, 3.63) is 65.7 Å². The minimum atomic E-state index is -0.876. The minimum absolute atomic E-state index is 0.00798. The van der Waals surface area contributed by atoms with Gasteiger partial charge < -0.3 is 15.2 Å². The summed E-state index contributed by atoms with van der Waals surface area (Å²) in [6.07, 6.45) is 1.09. The number of carbonyl (C=O) groups excluding carboxylic acids is 1. The molecule has 0 aromatic heterocycles. The van der Waals surface area contributed by atoms with Crippen molar-refractivity contribution < 1.29 is 19.4 Å². The molecule has 0 spiro atoms. The van der Waals surface area contributed by atoms with E-state index in [9.17, 15) is 9.59 Å². The zero-order chi connectivity index (χ0) is 19.0. The average Bonchev–Trinajstić information content (AvgIpc) is 2.60. The van der Waals surface area contributed by atoms with Gasteiger partial charge in [-0.15, -0.1) is 0 Å². The second-order valence-corrected chi connectivity index (χ2v) is 6.88. The van der Waals surface area contributed by atoms with Crippen molar-refractivity contribution in [2.45, 2.75) is 38.6 Å². The van der Waals surface area contributed by atoms with Crippen molar-refractivity contribution in [2.75, 3.05) is 6.61 Å². The minimum Gasteiger partial charge on any atom is -0.483 e. The van der Waals surface area contributed by atoms with Crippen molar-refractivity contribution in [2.24, 2.45) is 0 Å². The maximum absolute atomic E-state index is 12.2. The van der Waals surface area contributed by atoms with Crippen molar-refractivity contribution in [1.82, 2.24) is 5.32 Å². The first-order valence-corrected chi connectivity index (χ1v) is 8.63. The Kier molecular flexibility index (Phi) is 6.78. The summed E-state index contributed by atoms with van der Waals surface area (Å²) < 4.78 is 5.71. The van der Waals surface area contributed by atoms with Crippen LogP contribution < -0.4 is 10.1 Å². The molecule has 0 aliphatic heterocycles. The van der Waals surface area contributed by atoms with Crippen molar-refractivity contribution in [3.8, 4) is 5.75 Å². The van der Waals surface area contributed by atoms with Crippen LogP contribution in [-0.4, -0.2) is 29.1 Å². The molecule has 2 aromatic rings. The molecule has 1 amide bonds. The molecule has 138 valence electrons. The fraction of sp³-hybridized carbons (Fsp3) is 0.333. The topological polar surface area (TPSA) is 75.6 Å². The Balaban J connectivity index is 1.93. The van der Waals surface area contributed by atoms with E-state index in [2.05, 4.69) is 17.4 Å². The number of hydrogen-bond donors (Lipinski definition) is 2. The van der Waals surface area contributed by atoms with Crippen LogP contribution in [-0.2, 0) is 16.0 Å². The van der Waals surface area contributed by atoms with E-state index >= 15 is 0 Å². The predicted molar refractivity (Wildman–Crippen MR) is 100 cm³/mol. The number of carboxylic acid groups (broad SMARTS) is 1. The Bertz CT molecular complexity index is 741. The van der Waals surface area contributed by atoms with Crippen LogP contribution in [0.4, 0.5) is 0 Å². The first-order chi connectivity index (χ1) is 12.4. The van der Waals surface area contributed by atoms with Crippen LogP contribution in [0.1, 0.15) is 37.8 Å². The molecule has 0 saturated carbocycles. The van der Waals surface area contributed by atoms with Crippen LogP contribution in [0.2, 0.25) is 0 Å². The molecule has 0 heterocycles. The Morgan fingerprint density at radius 2 is 1.69 bits per heavy atom. The van der Waals surface area contributed by atoms with Gasteiger partial charge in [0.2, 0.25) is 0 Å². The van der Waals surface area contributed by atoms with Gasteiger partial charge in [-0.3, -0.25) is 9.59 Å². The van der Waals surface area contributed by atoms with Crippen LogP contribution in [0, 0.1) is 0 Å². The normalized spacial score (nSPS) is 11.0. The van der Waals surface area contributed by atoms with Gasteiger partial charge in [-0.05, 0) is 37.5 Å². The quantitative estimate of drug-likeness (QED) is 0.723. The second-order valence-electron chi connectivity index (χ2n) is 6.88. The summed E-state index contributed by atoms with van der Waals surface area (Å²) in [6.45, 7) is 3.50.